The average molecular weight is 361 g/mol. The van der Waals surface area contributed by atoms with Gasteiger partial charge in [0, 0.05) is 29.4 Å². The quantitative estimate of drug-likeness (QED) is 0.860. The number of ether oxygens (including phenoxy) is 1. The van der Waals surface area contributed by atoms with E-state index >= 15 is 0 Å². The summed E-state index contributed by atoms with van der Waals surface area (Å²) in [5.74, 6) is 0.573. The van der Waals surface area contributed by atoms with Crippen molar-refractivity contribution in [3.63, 3.8) is 0 Å². The topological polar surface area (TPSA) is 41.6 Å². The van der Waals surface area contributed by atoms with Gasteiger partial charge in [0.2, 0.25) is 0 Å². The Bertz CT molecular complexity index is 686. The van der Waals surface area contributed by atoms with Gasteiger partial charge in [-0.1, -0.05) is 15.9 Å². The lowest BCUT2D eigenvalue weighted by Crippen LogP contribution is -2.24. The molecule has 1 aliphatic heterocycles. The van der Waals surface area contributed by atoms with Crippen LogP contribution in [0.2, 0.25) is 0 Å². The molecule has 1 amide bonds. The molecule has 0 saturated heterocycles. The maximum atomic E-state index is 11.9. The monoisotopic (exact) mass is 360 g/mol. The summed E-state index contributed by atoms with van der Waals surface area (Å²) in [6.45, 7) is 1.07. The van der Waals surface area contributed by atoms with Gasteiger partial charge in [-0.05, 0) is 60.9 Å². The van der Waals surface area contributed by atoms with Crippen LogP contribution in [0, 0.1) is 0 Å². The Balaban J connectivity index is 1.68. The summed E-state index contributed by atoms with van der Waals surface area (Å²) in [6, 6.07) is 13.2. The molecule has 0 aromatic heterocycles. The molecular weight excluding hydrogens is 344 g/mol. The highest BCUT2D eigenvalue weighted by molar-refractivity contribution is 9.10. The number of aryl methyl sites for hydroxylation is 1. The molecule has 1 N–H and O–H groups in total. The van der Waals surface area contributed by atoms with Gasteiger partial charge in [-0.3, -0.25) is 5.32 Å². The van der Waals surface area contributed by atoms with E-state index in [0.717, 1.165) is 23.9 Å². The molecule has 1 aliphatic rings. The van der Waals surface area contributed by atoms with Crippen LogP contribution >= 0.6 is 15.9 Å². The second kappa shape index (κ2) is 6.40. The van der Waals surface area contributed by atoms with Crippen LogP contribution in [0.25, 0.3) is 0 Å². The van der Waals surface area contributed by atoms with Crippen LogP contribution in [0.3, 0.4) is 0 Å². The Kier molecular flexibility index (Phi) is 4.34. The molecule has 2 aromatic carbocycles. The largest absolute Gasteiger partial charge is 0.417 e. The number of anilines is 2. The van der Waals surface area contributed by atoms with E-state index in [-0.39, 0.29) is 0 Å². The third kappa shape index (κ3) is 3.42. The number of nitrogens with zero attached hydrogens (tertiary/aromatic N) is 1. The van der Waals surface area contributed by atoms with E-state index < -0.39 is 6.09 Å². The number of carbonyl (C=O) groups is 1. The van der Waals surface area contributed by atoms with E-state index in [1.807, 2.05) is 42.5 Å². The molecule has 0 atom stereocenters. The smallest absolute Gasteiger partial charge is 0.410 e. The van der Waals surface area contributed by atoms with Gasteiger partial charge in [-0.2, -0.15) is 0 Å². The van der Waals surface area contributed by atoms with Gasteiger partial charge in [0.05, 0.1) is 0 Å². The zero-order valence-corrected chi connectivity index (χ0v) is 13.9. The molecule has 0 unspecified atom stereocenters. The highest BCUT2D eigenvalue weighted by Crippen LogP contribution is 2.29. The molecule has 0 saturated carbocycles. The second-order valence-electron chi connectivity index (χ2n) is 5.34. The van der Waals surface area contributed by atoms with Crippen molar-refractivity contribution in [1.29, 1.82) is 0 Å². The molecule has 0 radical (unpaired) electrons. The molecule has 114 valence electrons. The molecule has 4 nitrogen and oxygen atoms in total. The van der Waals surface area contributed by atoms with E-state index in [1.165, 1.54) is 11.3 Å². The van der Waals surface area contributed by atoms with Crippen molar-refractivity contribution in [2.75, 3.05) is 23.8 Å². The fraction of sp³-hybridized carbons (Fsp3) is 0.235. The van der Waals surface area contributed by atoms with Gasteiger partial charge in [0.1, 0.15) is 5.75 Å². The molecule has 1 heterocycles. The first kappa shape index (κ1) is 14.9. The summed E-state index contributed by atoms with van der Waals surface area (Å²) in [7, 11) is 2.08. The Hall–Kier alpha value is -2.01. The molecular formula is C17H17BrN2O2. The normalized spacial score (nSPS) is 13.5. The van der Waals surface area contributed by atoms with Crippen LogP contribution in [0.1, 0.15) is 12.0 Å². The van der Waals surface area contributed by atoms with Crippen LogP contribution in [0.15, 0.2) is 46.9 Å². The zero-order chi connectivity index (χ0) is 15.5. The highest BCUT2D eigenvalue weighted by Gasteiger charge is 2.15. The van der Waals surface area contributed by atoms with Crippen molar-refractivity contribution < 1.29 is 9.53 Å². The maximum Gasteiger partial charge on any atom is 0.417 e. The number of halogens is 1. The first-order valence-corrected chi connectivity index (χ1v) is 7.99. The Labute approximate surface area is 138 Å². The van der Waals surface area contributed by atoms with Crippen molar-refractivity contribution in [2.24, 2.45) is 0 Å². The van der Waals surface area contributed by atoms with Crippen LogP contribution in [0.5, 0.6) is 5.75 Å². The van der Waals surface area contributed by atoms with E-state index in [9.17, 15) is 4.79 Å². The van der Waals surface area contributed by atoms with Gasteiger partial charge in [0.25, 0.3) is 0 Å². The van der Waals surface area contributed by atoms with Crippen molar-refractivity contribution in [1.82, 2.24) is 0 Å². The van der Waals surface area contributed by atoms with Crippen molar-refractivity contribution in [2.45, 2.75) is 12.8 Å². The zero-order valence-electron chi connectivity index (χ0n) is 12.3. The lowest BCUT2D eigenvalue weighted by molar-refractivity contribution is 0.215. The van der Waals surface area contributed by atoms with Crippen molar-refractivity contribution in [3.05, 3.63) is 52.5 Å². The molecule has 0 bridgehead atoms. The number of rotatable bonds is 2. The lowest BCUT2D eigenvalue weighted by Gasteiger charge is -2.27. The third-order valence-electron chi connectivity index (χ3n) is 3.70. The van der Waals surface area contributed by atoms with E-state index in [4.69, 9.17) is 4.74 Å². The Morgan fingerprint density at radius 1 is 1.23 bits per heavy atom. The van der Waals surface area contributed by atoms with Crippen LogP contribution in [-0.2, 0) is 6.42 Å². The predicted octanol–water partition coefficient (Wildman–Crippen LogP) is 4.44. The molecule has 22 heavy (non-hydrogen) atoms. The molecule has 2 aromatic rings. The Morgan fingerprint density at radius 3 is 2.77 bits per heavy atom. The average Bonchev–Trinajstić information content (AvgIpc) is 2.50. The summed E-state index contributed by atoms with van der Waals surface area (Å²) >= 11 is 3.36. The second-order valence-corrected chi connectivity index (χ2v) is 6.25. The van der Waals surface area contributed by atoms with Crippen molar-refractivity contribution in [3.8, 4) is 5.75 Å². The first-order chi connectivity index (χ1) is 10.6. The van der Waals surface area contributed by atoms with Gasteiger partial charge in [-0.15, -0.1) is 0 Å². The van der Waals surface area contributed by atoms with Gasteiger partial charge in [0.15, 0.2) is 0 Å². The predicted molar refractivity (Wildman–Crippen MR) is 91.8 cm³/mol. The molecule has 0 spiro atoms. The van der Waals surface area contributed by atoms with Crippen molar-refractivity contribution >= 4 is 33.4 Å². The molecule has 3 rings (SSSR count). The minimum atomic E-state index is -0.480. The summed E-state index contributed by atoms with van der Waals surface area (Å²) in [4.78, 5) is 14.2. The maximum absolute atomic E-state index is 11.9. The van der Waals surface area contributed by atoms with E-state index in [2.05, 4.69) is 33.2 Å². The SMILES string of the molecule is CN1CCCc2cc(OC(=O)Nc3ccc(Br)cc3)ccc21. The summed E-state index contributed by atoms with van der Waals surface area (Å²) in [6.07, 6.45) is 1.66. The number of amides is 1. The minimum absolute atomic E-state index is 0.480. The van der Waals surface area contributed by atoms with Gasteiger partial charge >= 0.3 is 6.09 Å². The van der Waals surface area contributed by atoms with Crippen LogP contribution < -0.4 is 15.0 Å². The molecule has 5 heteroatoms. The highest BCUT2D eigenvalue weighted by atomic mass is 79.9. The number of benzene rings is 2. The van der Waals surface area contributed by atoms with E-state index in [0.29, 0.717) is 11.4 Å². The fourth-order valence-corrected chi connectivity index (χ4v) is 2.87. The number of fused-ring (bicyclic) bond motifs is 1. The molecule has 0 aliphatic carbocycles. The summed E-state index contributed by atoms with van der Waals surface area (Å²) < 4.78 is 6.33. The number of nitrogens with one attached hydrogen (secondary N) is 1. The standard InChI is InChI=1S/C17H17BrN2O2/c1-20-10-2-3-12-11-15(8-9-16(12)20)22-17(21)19-14-6-4-13(18)5-7-14/h4-9,11H,2-3,10H2,1H3,(H,19,21). The number of hydrogen-bond acceptors (Lipinski definition) is 3. The van der Waals surface area contributed by atoms with Gasteiger partial charge in [-0.25, -0.2) is 4.79 Å². The third-order valence-corrected chi connectivity index (χ3v) is 4.23. The molecule has 0 fully saturated rings. The Morgan fingerprint density at radius 2 is 2.00 bits per heavy atom. The van der Waals surface area contributed by atoms with E-state index in [1.54, 1.807) is 0 Å². The summed E-state index contributed by atoms with van der Waals surface area (Å²) in [5, 5.41) is 2.71. The van der Waals surface area contributed by atoms with Crippen LogP contribution in [-0.4, -0.2) is 19.7 Å². The number of carbonyl (C=O) groups excluding carboxylic acids is 1. The lowest BCUT2D eigenvalue weighted by atomic mass is 10.0. The fourth-order valence-electron chi connectivity index (χ4n) is 2.61. The number of hydrogen-bond donors (Lipinski definition) is 1. The summed E-state index contributed by atoms with van der Waals surface area (Å²) in [5.41, 5.74) is 3.14. The minimum Gasteiger partial charge on any atom is -0.410 e. The van der Waals surface area contributed by atoms with Crippen LogP contribution in [0.4, 0.5) is 16.2 Å². The van der Waals surface area contributed by atoms with Gasteiger partial charge < -0.3 is 9.64 Å². The first-order valence-electron chi connectivity index (χ1n) is 7.20.